The maximum atomic E-state index is 11.7. The molecule has 18 heavy (non-hydrogen) atoms. The molecule has 1 heterocycles. The number of carbonyl (C=O) groups is 2. The van der Waals surface area contributed by atoms with E-state index in [0.717, 1.165) is 16.5 Å². The zero-order chi connectivity index (χ0) is 13.1. The molecule has 2 amide bonds. The molecular weight excluding hydrogens is 230 g/mol. The van der Waals surface area contributed by atoms with Crippen LogP contribution in [0.4, 0.5) is 0 Å². The van der Waals surface area contributed by atoms with Crippen molar-refractivity contribution in [2.45, 2.75) is 19.4 Å². The van der Waals surface area contributed by atoms with E-state index in [1.807, 2.05) is 24.3 Å². The minimum atomic E-state index is -0.650. The number of carbonyl (C=O) groups excluding carboxylic acids is 2. The number of primary amides is 1. The van der Waals surface area contributed by atoms with Crippen LogP contribution in [0.25, 0.3) is 10.9 Å². The Hall–Kier alpha value is -2.30. The van der Waals surface area contributed by atoms with E-state index in [-0.39, 0.29) is 12.3 Å². The molecule has 5 heteroatoms. The number of amides is 2. The van der Waals surface area contributed by atoms with E-state index in [9.17, 15) is 9.59 Å². The van der Waals surface area contributed by atoms with Gasteiger partial charge in [-0.3, -0.25) is 9.59 Å². The molecule has 0 aliphatic rings. The van der Waals surface area contributed by atoms with Crippen molar-refractivity contribution in [2.75, 3.05) is 0 Å². The predicted octanol–water partition coefficient (Wildman–Crippen LogP) is 0.700. The van der Waals surface area contributed by atoms with E-state index < -0.39 is 11.9 Å². The van der Waals surface area contributed by atoms with Crippen LogP contribution < -0.4 is 11.1 Å². The Labute approximate surface area is 104 Å². The van der Waals surface area contributed by atoms with Crippen LogP contribution in [0.1, 0.15) is 12.5 Å². The Morgan fingerprint density at radius 3 is 2.83 bits per heavy atom. The lowest BCUT2D eigenvalue weighted by molar-refractivity contribution is -0.126. The average molecular weight is 245 g/mol. The number of nitrogens with two attached hydrogens (primary N) is 1. The number of hydrogen-bond donors (Lipinski definition) is 3. The van der Waals surface area contributed by atoms with Crippen molar-refractivity contribution in [2.24, 2.45) is 5.73 Å². The van der Waals surface area contributed by atoms with Crippen molar-refractivity contribution < 1.29 is 9.59 Å². The summed E-state index contributed by atoms with van der Waals surface area (Å²) in [6, 6.07) is 7.10. The van der Waals surface area contributed by atoms with Gasteiger partial charge in [-0.05, 0) is 18.6 Å². The van der Waals surface area contributed by atoms with Gasteiger partial charge in [0.15, 0.2) is 0 Å². The lowest BCUT2D eigenvalue weighted by atomic mass is 10.1. The monoisotopic (exact) mass is 245 g/mol. The van der Waals surface area contributed by atoms with Gasteiger partial charge in [-0.1, -0.05) is 18.2 Å². The maximum absolute atomic E-state index is 11.7. The summed E-state index contributed by atoms with van der Waals surface area (Å²) in [6.45, 7) is 1.56. The van der Waals surface area contributed by atoms with Crippen molar-refractivity contribution in [1.29, 1.82) is 0 Å². The van der Waals surface area contributed by atoms with Crippen molar-refractivity contribution in [3.63, 3.8) is 0 Å². The van der Waals surface area contributed by atoms with Crippen LogP contribution in [0, 0.1) is 0 Å². The second kappa shape index (κ2) is 4.91. The van der Waals surface area contributed by atoms with E-state index in [1.54, 1.807) is 13.1 Å². The Bertz CT molecular complexity index is 589. The molecule has 4 N–H and O–H groups in total. The molecule has 0 radical (unpaired) electrons. The van der Waals surface area contributed by atoms with Crippen LogP contribution in [0.2, 0.25) is 0 Å². The molecule has 1 atom stereocenters. The molecule has 0 fully saturated rings. The quantitative estimate of drug-likeness (QED) is 0.740. The van der Waals surface area contributed by atoms with Crippen LogP contribution in [0.15, 0.2) is 30.5 Å². The Kier molecular flexibility index (Phi) is 3.32. The molecule has 0 saturated heterocycles. The van der Waals surface area contributed by atoms with Crippen molar-refractivity contribution >= 4 is 22.7 Å². The lowest BCUT2D eigenvalue weighted by Crippen LogP contribution is -2.42. The highest BCUT2D eigenvalue weighted by Crippen LogP contribution is 2.17. The summed E-state index contributed by atoms with van der Waals surface area (Å²) < 4.78 is 0. The molecular formula is C13H15N3O2. The van der Waals surface area contributed by atoms with Gasteiger partial charge in [0, 0.05) is 17.1 Å². The van der Waals surface area contributed by atoms with Crippen LogP contribution in [0.5, 0.6) is 0 Å². The average Bonchev–Trinajstić information content (AvgIpc) is 2.72. The van der Waals surface area contributed by atoms with Crippen LogP contribution in [0.3, 0.4) is 0 Å². The van der Waals surface area contributed by atoms with Gasteiger partial charge in [0.25, 0.3) is 0 Å². The second-order valence-corrected chi connectivity index (χ2v) is 4.23. The Morgan fingerprint density at radius 1 is 1.39 bits per heavy atom. The number of aromatic amines is 1. The SMILES string of the molecule is C[C@@H](NC(=O)Cc1c[nH]c2ccccc12)C(N)=O. The van der Waals surface area contributed by atoms with Gasteiger partial charge in [0.05, 0.1) is 6.42 Å². The number of para-hydroxylation sites is 1. The second-order valence-electron chi connectivity index (χ2n) is 4.23. The number of nitrogens with one attached hydrogen (secondary N) is 2. The van der Waals surface area contributed by atoms with E-state index in [1.165, 1.54) is 0 Å². The fourth-order valence-electron chi connectivity index (χ4n) is 1.81. The first-order chi connectivity index (χ1) is 8.58. The van der Waals surface area contributed by atoms with Crippen LogP contribution >= 0.6 is 0 Å². The number of H-pyrrole nitrogens is 1. The van der Waals surface area contributed by atoms with E-state index >= 15 is 0 Å². The number of aromatic nitrogens is 1. The van der Waals surface area contributed by atoms with Gasteiger partial charge < -0.3 is 16.0 Å². The highest BCUT2D eigenvalue weighted by molar-refractivity contribution is 5.91. The molecule has 0 aliphatic carbocycles. The predicted molar refractivity (Wildman–Crippen MR) is 68.8 cm³/mol. The van der Waals surface area contributed by atoms with Crippen LogP contribution in [-0.2, 0) is 16.0 Å². The molecule has 0 bridgehead atoms. The topological polar surface area (TPSA) is 88.0 Å². The zero-order valence-corrected chi connectivity index (χ0v) is 10.1. The van der Waals surface area contributed by atoms with Gasteiger partial charge >= 0.3 is 0 Å². The lowest BCUT2D eigenvalue weighted by Gasteiger charge is -2.09. The molecule has 0 spiro atoms. The van der Waals surface area contributed by atoms with E-state index in [4.69, 9.17) is 5.73 Å². The van der Waals surface area contributed by atoms with Crippen LogP contribution in [-0.4, -0.2) is 22.8 Å². The third-order valence-corrected chi connectivity index (χ3v) is 2.83. The number of fused-ring (bicyclic) bond motifs is 1. The summed E-state index contributed by atoms with van der Waals surface area (Å²) in [5.41, 5.74) is 6.98. The summed E-state index contributed by atoms with van der Waals surface area (Å²) in [6.07, 6.45) is 2.03. The van der Waals surface area contributed by atoms with E-state index in [0.29, 0.717) is 0 Å². The van der Waals surface area contributed by atoms with Gasteiger partial charge in [-0.15, -0.1) is 0 Å². The first-order valence-electron chi connectivity index (χ1n) is 5.71. The third kappa shape index (κ3) is 2.51. The van der Waals surface area contributed by atoms with Gasteiger partial charge in [-0.25, -0.2) is 0 Å². The maximum Gasteiger partial charge on any atom is 0.239 e. The smallest absolute Gasteiger partial charge is 0.239 e. The molecule has 1 aromatic heterocycles. The molecule has 0 saturated carbocycles. The highest BCUT2D eigenvalue weighted by Gasteiger charge is 2.13. The largest absolute Gasteiger partial charge is 0.368 e. The Morgan fingerprint density at radius 2 is 2.11 bits per heavy atom. The van der Waals surface area contributed by atoms with Crippen molar-refractivity contribution in [3.05, 3.63) is 36.0 Å². The molecule has 1 aromatic carbocycles. The molecule has 0 unspecified atom stereocenters. The molecule has 5 nitrogen and oxygen atoms in total. The van der Waals surface area contributed by atoms with Gasteiger partial charge in [0.1, 0.15) is 6.04 Å². The highest BCUT2D eigenvalue weighted by atomic mass is 16.2. The molecule has 2 aromatic rings. The zero-order valence-electron chi connectivity index (χ0n) is 10.1. The summed E-state index contributed by atoms with van der Waals surface area (Å²) >= 11 is 0. The summed E-state index contributed by atoms with van der Waals surface area (Å²) in [7, 11) is 0. The minimum Gasteiger partial charge on any atom is -0.368 e. The third-order valence-electron chi connectivity index (χ3n) is 2.83. The standard InChI is InChI=1S/C13H15N3O2/c1-8(13(14)18)16-12(17)6-9-7-15-11-5-3-2-4-10(9)11/h2-5,7-8,15H,6H2,1H3,(H2,14,18)(H,16,17)/t8-/m1/s1. The fourth-order valence-corrected chi connectivity index (χ4v) is 1.81. The molecule has 94 valence electrons. The fraction of sp³-hybridized carbons (Fsp3) is 0.231. The summed E-state index contributed by atoms with van der Waals surface area (Å²) in [5, 5.41) is 3.57. The van der Waals surface area contributed by atoms with Gasteiger partial charge in [-0.2, -0.15) is 0 Å². The number of benzene rings is 1. The summed E-state index contributed by atoms with van der Waals surface area (Å²) in [5.74, 6) is -0.756. The first-order valence-corrected chi connectivity index (χ1v) is 5.71. The van der Waals surface area contributed by atoms with Crippen molar-refractivity contribution in [1.82, 2.24) is 10.3 Å². The molecule has 2 rings (SSSR count). The van der Waals surface area contributed by atoms with Crippen molar-refractivity contribution in [3.8, 4) is 0 Å². The summed E-state index contributed by atoms with van der Waals surface area (Å²) in [4.78, 5) is 25.7. The molecule has 0 aliphatic heterocycles. The normalized spacial score (nSPS) is 12.3. The first kappa shape index (κ1) is 12.2. The number of rotatable bonds is 4. The number of hydrogen-bond acceptors (Lipinski definition) is 2. The van der Waals surface area contributed by atoms with Gasteiger partial charge in [0.2, 0.25) is 11.8 Å². The minimum absolute atomic E-state index is 0.217. The van der Waals surface area contributed by atoms with E-state index in [2.05, 4.69) is 10.3 Å². The Balaban J connectivity index is 2.10.